The maximum atomic E-state index is 10.9. The number of nitrogens with zero attached hydrogens (tertiary/aromatic N) is 12. The van der Waals surface area contributed by atoms with Crippen LogP contribution in [0.2, 0.25) is 0 Å². The van der Waals surface area contributed by atoms with Crippen LogP contribution < -0.4 is 30.6 Å². The van der Waals surface area contributed by atoms with Gasteiger partial charge in [0.1, 0.15) is 0 Å². The van der Waals surface area contributed by atoms with Gasteiger partial charge in [-0.25, -0.2) is 0 Å². The summed E-state index contributed by atoms with van der Waals surface area (Å²) >= 11 is 0. The van der Waals surface area contributed by atoms with Crippen molar-refractivity contribution in [1.29, 1.82) is 0 Å². The molecule has 0 atom stereocenters. The van der Waals surface area contributed by atoms with Gasteiger partial charge in [-0.15, -0.1) is 0 Å². The number of pyridine rings is 12. The Morgan fingerprint density at radius 3 is 0.333 bits per heavy atom. The first kappa shape index (κ1) is 141. The van der Waals surface area contributed by atoms with E-state index in [1.807, 2.05) is 109 Å². The van der Waals surface area contributed by atoms with Gasteiger partial charge < -0.3 is 129 Å². The minimum atomic E-state index is -0.233. The first-order valence-electron chi connectivity index (χ1n) is 23.5. The molecule has 0 aliphatic rings. The van der Waals surface area contributed by atoms with Gasteiger partial charge in [-0.1, -0.05) is 109 Å². The fourth-order valence-electron chi connectivity index (χ4n) is 6.43. The van der Waals surface area contributed by atoms with E-state index in [1.165, 1.54) is 36.4 Å². The van der Waals surface area contributed by atoms with E-state index in [1.54, 1.807) is 110 Å². The minimum Gasteiger partial charge on any atom is -0.859 e. The molecule has 0 radical (unpaired) electrons. The molecule has 12 aromatic rings. The van der Waals surface area contributed by atoms with Crippen LogP contribution in [-0.2, 0) is 134 Å². The molecular weight excluding hydrogens is 1920 g/mol. The fraction of sp³-hybridized carbons (Fsp3) is 0. The molecule has 12 heterocycles. The Labute approximate surface area is 676 Å². The Hall–Kier alpha value is -7.68. The zero-order chi connectivity index (χ0) is 54.6. The molecule has 0 spiro atoms. The SMILES string of the molecule is O.O.O.O.O.O.O.O.O.O.O.O.O.O.O.O.O.O.[Ag+].[Ag+].[Ag+].[Ag+].[Ag+].[Ag+].[O-]c1cccc(-c2ccccn2)n1.[O-]c1cccc(-c2ccccn2)n1.[O-]c1cccc(-c2ccccn2)n1.[O-]c1cccc(-c2ccccn2)n1.[O-]c1cccc(-c2ccccn2)n1.[O-]c1cccc(-c2ccccn2)n1. The zero-order valence-corrected chi connectivity index (χ0v) is 60.8. The van der Waals surface area contributed by atoms with Gasteiger partial charge in [0.15, 0.2) is 0 Å². The summed E-state index contributed by atoms with van der Waals surface area (Å²) in [6.45, 7) is 0. The molecule has 36 N–H and O–H groups in total. The normalized spacial score (nSPS) is 7.53. The topological polar surface area (TPSA) is 860 Å². The average Bonchev–Trinajstić information content (AvgIpc) is 0.924. The third-order valence-corrected chi connectivity index (χ3v) is 9.91. The van der Waals surface area contributed by atoms with Crippen LogP contribution in [0, 0.1) is 0 Å². The summed E-state index contributed by atoms with van der Waals surface area (Å²) in [5.41, 5.74) is 8.05. The van der Waals surface area contributed by atoms with Gasteiger partial charge >= 0.3 is 134 Å². The van der Waals surface area contributed by atoms with Crippen LogP contribution in [0.5, 0.6) is 35.3 Å². The third kappa shape index (κ3) is 49.8. The Kier molecular flexibility index (Phi) is 109. The second-order valence-electron chi connectivity index (χ2n) is 15.5. The average molecular weight is 2000 g/mol. The molecule has 102 heavy (non-hydrogen) atoms. The number of hydrogen-bond donors (Lipinski definition) is 0. The van der Waals surface area contributed by atoms with Crippen LogP contribution in [-0.4, -0.2) is 158 Å². The van der Waals surface area contributed by atoms with Crippen LogP contribution in [0.15, 0.2) is 256 Å². The standard InChI is InChI=1S/6C10H8N2O.6Ag.18H2O/c6*13-10-6-3-5-9(12-10)8-4-1-2-7-11-8;;;;;;;;;;;;;;;;;;;;;;;;/h6*1-7H,(H,12,13);;;;;;;18*1H2/q;;;;;;6*+1;;;;;;;;;;;;;;;;;;/p-6. The molecule has 0 fully saturated rings. The zero-order valence-electron chi connectivity index (χ0n) is 51.9. The quantitative estimate of drug-likeness (QED) is 0.140. The van der Waals surface area contributed by atoms with Gasteiger partial charge in [0.2, 0.25) is 0 Å². The predicted molar refractivity (Wildman–Crippen MR) is 347 cm³/mol. The molecule has 42 heteroatoms. The van der Waals surface area contributed by atoms with Crippen molar-refractivity contribution < 1.29 is 263 Å². The minimum absolute atomic E-state index is 0. The summed E-state index contributed by atoms with van der Waals surface area (Å²) in [5, 5.41) is 65.5. The van der Waals surface area contributed by atoms with E-state index in [2.05, 4.69) is 59.8 Å². The fourth-order valence-corrected chi connectivity index (χ4v) is 6.43. The van der Waals surface area contributed by atoms with Crippen molar-refractivity contribution in [2.75, 3.05) is 0 Å². The van der Waals surface area contributed by atoms with Crippen molar-refractivity contribution in [3.05, 3.63) is 256 Å². The first-order chi connectivity index (χ1) is 38.2. The van der Waals surface area contributed by atoms with E-state index >= 15 is 0 Å². The molecule has 0 bridgehead atoms. The Bertz CT molecular complexity index is 3110. The molecular formula is C60H78Ag6N12O24. The molecule has 36 nitrogen and oxygen atoms in total. The van der Waals surface area contributed by atoms with Crippen molar-refractivity contribution in [1.82, 2.24) is 59.8 Å². The molecule has 0 unspecified atom stereocenters. The maximum Gasteiger partial charge on any atom is 1.00 e. The number of rotatable bonds is 6. The molecule has 588 valence electrons. The largest absolute Gasteiger partial charge is 1.00 e. The second kappa shape index (κ2) is 79.0. The molecule has 0 aliphatic heterocycles. The van der Waals surface area contributed by atoms with E-state index in [4.69, 9.17) is 0 Å². The molecule has 0 aromatic carbocycles. The Balaban J connectivity index is -0.0000000496. The van der Waals surface area contributed by atoms with Gasteiger partial charge in [-0.2, -0.15) is 0 Å². The first-order valence-corrected chi connectivity index (χ1v) is 23.5. The van der Waals surface area contributed by atoms with E-state index in [9.17, 15) is 30.6 Å². The Morgan fingerprint density at radius 2 is 0.245 bits per heavy atom. The van der Waals surface area contributed by atoms with Crippen molar-refractivity contribution in [3.8, 4) is 104 Å². The number of hydrogen-bond acceptors (Lipinski definition) is 18. The van der Waals surface area contributed by atoms with Crippen LogP contribution in [0.1, 0.15) is 0 Å². The third-order valence-electron chi connectivity index (χ3n) is 9.91. The van der Waals surface area contributed by atoms with Gasteiger partial charge in [-0.3, -0.25) is 59.8 Å². The second-order valence-corrected chi connectivity index (χ2v) is 15.5. The summed E-state index contributed by atoms with van der Waals surface area (Å²) < 4.78 is 0. The molecule has 0 amide bonds. The van der Waals surface area contributed by atoms with E-state index in [-0.39, 0.29) is 268 Å². The van der Waals surface area contributed by atoms with Crippen LogP contribution in [0.3, 0.4) is 0 Å². The van der Waals surface area contributed by atoms with Crippen LogP contribution >= 0.6 is 0 Å². The van der Waals surface area contributed by atoms with Gasteiger partial charge in [0.05, 0.1) is 68.3 Å². The molecule has 0 aliphatic carbocycles. The van der Waals surface area contributed by atoms with Gasteiger partial charge in [0, 0.05) is 37.2 Å². The van der Waals surface area contributed by atoms with E-state index < -0.39 is 0 Å². The van der Waals surface area contributed by atoms with Crippen LogP contribution in [0.25, 0.3) is 68.3 Å². The molecule has 12 rings (SSSR count). The summed E-state index contributed by atoms with van der Waals surface area (Å²) in [5.74, 6) is -1.40. The summed E-state index contributed by atoms with van der Waals surface area (Å²) in [4.78, 5) is 47.5. The van der Waals surface area contributed by atoms with Crippen molar-refractivity contribution in [2.24, 2.45) is 0 Å². The van der Waals surface area contributed by atoms with Gasteiger partial charge in [-0.05, 0) is 144 Å². The summed E-state index contributed by atoms with van der Waals surface area (Å²) in [7, 11) is 0. The molecule has 0 saturated heterocycles. The molecule has 0 saturated carbocycles. The van der Waals surface area contributed by atoms with Gasteiger partial charge in [0.25, 0.3) is 0 Å². The van der Waals surface area contributed by atoms with Crippen molar-refractivity contribution >= 4 is 0 Å². The summed E-state index contributed by atoms with van der Waals surface area (Å²) in [6, 6.07) is 62.3. The molecule has 12 aromatic heterocycles. The maximum absolute atomic E-state index is 10.9. The van der Waals surface area contributed by atoms with E-state index in [0.717, 1.165) is 34.2 Å². The summed E-state index contributed by atoms with van der Waals surface area (Å²) in [6.07, 6.45) is 10.1. The van der Waals surface area contributed by atoms with E-state index in [0.29, 0.717) is 34.2 Å². The monoisotopic (exact) mass is 1990 g/mol. The van der Waals surface area contributed by atoms with Crippen molar-refractivity contribution in [3.63, 3.8) is 0 Å². The van der Waals surface area contributed by atoms with Crippen molar-refractivity contribution in [2.45, 2.75) is 0 Å². The number of aromatic nitrogens is 12. The predicted octanol–water partition coefficient (Wildman–Crippen LogP) is -7.56. The van der Waals surface area contributed by atoms with Crippen LogP contribution in [0.4, 0.5) is 0 Å². The smallest absolute Gasteiger partial charge is 0.859 e. The Morgan fingerprint density at radius 1 is 0.137 bits per heavy atom.